The van der Waals surface area contributed by atoms with Crippen molar-refractivity contribution in [3.05, 3.63) is 35.4 Å². The molecule has 0 saturated heterocycles. The first-order valence-electron chi connectivity index (χ1n) is 29.8. The van der Waals surface area contributed by atoms with Gasteiger partial charge >= 0.3 is 59.7 Å². The average molecular weight is 1390 g/mol. The van der Waals surface area contributed by atoms with Gasteiger partial charge in [0, 0.05) is 85.0 Å². The first kappa shape index (κ1) is 84.9. The number of carbonyl (C=O) groups is 17. The number of hydrogen-bond donors (Lipinski definition) is 17. The molecular weight excluding hydrogens is 1300 g/mol. The molecule has 0 radical (unpaired) electrons. The van der Waals surface area contributed by atoms with Gasteiger partial charge in [-0.15, -0.1) is 0 Å². The third-order valence-electron chi connectivity index (χ3n) is 14.2. The number of benzene rings is 1. The van der Waals surface area contributed by atoms with E-state index in [0.29, 0.717) is 33.8 Å². The summed E-state index contributed by atoms with van der Waals surface area (Å²) in [6.07, 6.45) is 0.393. The van der Waals surface area contributed by atoms with Gasteiger partial charge in [-0.25, -0.2) is 0 Å². The second-order valence-corrected chi connectivity index (χ2v) is 22.1. The number of primary amides is 1. The maximum atomic E-state index is 14.2. The zero-order valence-electron chi connectivity index (χ0n) is 53.3. The molecule has 0 aliphatic carbocycles. The van der Waals surface area contributed by atoms with Crippen LogP contribution in [0.3, 0.4) is 0 Å². The average Bonchev–Trinajstić information content (AvgIpc) is 0.908. The lowest BCUT2D eigenvalue weighted by molar-refractivity contribution is -0.147. The van der Waals surface area contributed by atoms with Crippen molar-refractivity contribution in [2.45, 2.75) is 70.4 Å². The molecule has 0 aliphatic rings. The number of nitrogens with two attached hydrogens (primary N) is 1. The molecule has 41 heteroatoms. The third-order valence-corrected chi connectivity index (χ3v) is 14.2. The van der Waals surface area contributed by atoms with E-state index in [1.807, 2.05) is 0 Å². The summed E-state index contributed by atoms with van der Waals surface area (Å²) >= 11 is 0. The molecule has 542 valence electrons. The molecule has 7 amide bonds. The molecule has 1 rings (SSSR count). The highest BCUT2D eigenvalue weighted by atomic mass is 16.4. The van der Waals surface area contributed by atoms with Crippen LogP contribution in [-0.4, -0.2) is 349 Å². The lowest BCUT2D eigenvalue weighted by Gasteiger charge is -2.33. The van der Waals surface area contributed by atoms with Crippen LogP contribution >= 0.6 is 0 Å². The first-order valence-corrected chi connectivity index (χ1v) is 29.8. The predicted molar refractivity (Wildman–Crippen MR) is 328 cm³/mol. The lowest BCUT2D eigenvalue weighted by Crippen LogP contribution is -2.57. The van der Waals surface area contributed by atoms with Gasteiger partial charge in [0.1, 0.15) is 24.2 Å². The Balaban J connectivity index is 3.75. The minimum absolute atomic E-state index is 0.0985. The molecule has 0 bridgehead atoms. The molecule has 5 atom stereocenters. The van der Waals surface area contributed by atoms with E-state index in [9.17, 15) is 133 Å². The van der Waals surface area contributed by atoms with Crippen molar-refractivity contribution in [2.75, 3.05) is 137 Å². The second kappa shape index (κ2) is 45.3. The topological polar surface area (TPSA) is 613 Å². The van der Waals surface area contributed by atoms with Crippen molar-refractivity contribution >= 4 is 102 Å². The molecule has 0 spiro atoms. The molecule has 0 aliphatic heterocycles. The van der Waals surface area contributed by atoms with Gasteiger partial charge in [-0.05, 0) is 23.5 Å². The van der Waals surface area contributed by atoms with E-state index in [0.717, 1.165) is 19.6 Å². The Labute approximate surface area is 553 Å². The second-order valence-electron chi connectivity index (χ2n) is 22.1. The highest BCUT2D eigenvalue weighted by Crippen LogP contribution is 2.12. The fourth-order valence-electron chi connectivity index (χ4n) is 9.43. The minimum Gasteiger partial charge on any atom is -0.480 e. The number of nitrogens with one attached hydrogen (secondary N) is 6. The summed E-state index contributed by atoms with van der Waals surface area (Å²) in [6, 6.07) is 0.412. The van der Waals surface area contributed by atoms with Crippen LogP contribution in [0.25, 0.3) is 0 Å². The quantitative estimate of drug-likeness (QED) is 0.0269. The highest BCUT2D eigenvalue weighted by molar-refractivity contribution is 5.91. The molecule has 97 heavy (non-hydrogen) atoms. The van der Waals surface area contributed by atoms with Gasteiger partial charge in [0.25, 0.3) is 0 Å². The van der Waals surface area contributed by atoms with Crippen molar-refractivity contribution in [1.82, 2.24) is 66.2 Å². The Morgan fingerprint density at radius 1 is 0.433 bits per heavy atom. The van der Waals surface area contributed by atoms with E-state index in [1.165, 1.54) is 4.90 Å². The predicted octanol–water partition coefficient (Wildman–Crippen LogP) is -8.24. The summed E-state index contributed by atoms with van der Waals surface area (Å²) in [7, 11) is 0. The normalized spacial score (nSPS) is 12.8. The SMILES string of the molecule is CCC(C)[C@H](NC=O)C(=O)N[C@@H](CCC(N)=O)C(=O)NCc1ccc(CNC(=O)CN(CCNC(=O)[C@@H](CN(CCN(CC(=O)O)CC(=O)O)CC(=O)O)N(CC(=O)O)CC(=O)O)CCNC(=O)[C@@H](CN(CCN(CC(=O)O)CC(=O)O)CC(=O)O)N(CC(=O)O)CC(=O)O)cc1. The Hall–Kier alpha value is -10.1. The van der Waals surface area contributed by atoms with Crippen molar-refractivity contribution in [3.8, 4) is 0 Å². The van der Waals surface area contributed by atoms with Gasteiger partial charge in [-0.1, -0.05) is 44.5 Å². The van der Waals surface area contributed by atoms with E-state index in [2.05, 4.69) is 31.9 Å². The summed E-state index contributed by atoms with van der Waals surface area (Å²) < 4.78 is 0. The highest BCUT2D eigenvalue weighted by Gasteiger charge is 2.35. The zero-order valence-corrected chi connectivity index (χ0v) is 53.3. The van der Waals surface area contributed by atoms with Crippen LogP contribution in [0.15, 0.2) is 24.3 Å². The molecule has 1 aromatic carbocycles. The molecule has 1 aromatic rings. The van der Waals surface area contributed by atoms with Crippen LogP contribution in [-0.2, 0) is 94.6 Å². The van der Waals surface area contributed by atoms with Crippen LogP contribution in [0, 0.1) is 5.92 Å². The fourth-order valence-corrected chi connectivity index (χ4v) is 9.43. The van der Waals surface area contributed by atoms with Gasteiger partial charge in [0.2, 0.25) is 41.9 Å². The van der Waals surface area contributed by atoms with Crippen LogP contribution in [0.5, 0.6) is 0 Å². The summed E-state index contributed by atoms with van der Waals surface area (Å²) in [5.74, 6) is -20.9. The summed E-state index contributed by atoms with van der Waals surface area (Å²) in [4.78, 5) is 216. The molecule has 18 N–H and O–H groups in total. The van der Waals surface area contributed by atoms with Gasteiger partial charge in [-0.3, -0.25) is 116 Å². The van der Waals surface area contributed by atoms with E-state index in [-0.39, 0.29) is 44.9 Å². The Morgan fingerprint density at radius 3 is 1.10 bits per heavy atom. The van der Waals surface area contributed by atoms with Gasteiger partial charge in [0.05, 0.1) is 72.0 Å². The van der Waals surface area contributed by atoms with Crippen molar-refractivity contribution < 1.29 is 133 Å². The van der Waals surface area contributed by atoms with E-state index in [4.69, 9.17) is 5.73 Å². The van der Waals surface area contributed by atoms with Gasteiger partial charge < -0.3 is 88.7 Å². The molecular formula is C56H86N14O27. The van der Waals surface area contributed by atoms with Crippen LogP contribution in [0.4, 0.5) is 0 Å². The van der Waals surface area contributed by atoms with Crippen LogP contribution < -0.4 is 37.6 Å². The Kier molecular flexibility index (Phi) is 39.7. The van der Waals surface area contributed by atoms with Crippen LogP contribution in [0.2, 0.25) is 0 Å². The monoisotopic (exact) mass is 1390 g/mol. The summed E-state index contributed by atoms with van der Waals surface area (Å²) in [5, 5.41) is 111. The van der Waals surface area contributed by atoms with E-state index >= 15 is 0 Å². The number of hydrogen-bond acceptors (Lipinski definition) is 24. The number of amides is 7. The summed E-state index contributed by atoms with van der Waals surface area (Å²) in [6.45, 7) is -12.1. The standard InChI is InChI=1S/C56H86N14O27/c1-3-34(2)52(62-33-71)56(97)63-37(8-9-40(57)72)53(94)61-19-36-6-4-35(5-7-36)18-60-41(73)22-64(12-10-58-54(95)38(69(29-48(86)87)30-49(88)89)20-65(23-42(74)75)14-16-67(25-44(78)79)26-45(80)81)13-11-59-55(96)39(70(31-50(90)91)32-51(92)93)21-66(24-43(76)77)15-17-68(27-46(82)83)28-47(84)85/h4-7,33-34,37-39,52H,3,8-32H2,1-2H3,(H2,57,72)(H,58,95)(H,59,96)(H,60,73)(H,61,94)(H,62,71)(H,63,97)(H,74,75)(H,76,77)(H,78,79)(H,80,81)(H,82,83)(H,84,85)(H,86,87)(H,88,89)(H,90,91)(H,92,93)/t34?,37-,38+,39+,52-/m0/s1. The number of carbonyl (C=O) groups excluding carboxylic acids is 7. The van der Waals surface area contributed by atoms with Gasteiger partial charge in [-0.2, -0.15) is 0 Å². The van der Waals surface area contributed by atoms with Crippen molar-refractivity contribution in [2.24, 2.45) is 11.7 Å². The molecule has 0 heterocycles. The third kappa shape index (κ3) is 38.2. The smallest absolute Gasteiger partial charge is 0.317 e. The summed E-state index contributed by atoms with van der Waals surface area (Å²) in [5.41, 5.74) is 6.31. The number of carboxylic acid groups (broad SMARTS) is 10. The molecule has 1 unspecified atom stereocenters. The molecule has 41 nitrogen and oxygen atoms in total. The largest absolute Gasteiger partial charge is 0.480 e. The number of carboxylic acids is 10. The van der Waals surface area contributed by atoms with E-state index < -0.39 is 244 Å². The molecule has 0 aromatic heterocycles. The zero-order chi connectivity index (χ0) is 73.5. The first-order chi connectivity index (χ1) is 45.5. The Morgan fingerprint density at radius 2 is 0.773 bits per heavy atom. The maximum Gasteiger partial charge on any atom is 0.317 e. The number of nitrogens with zero attached hydrogens (tertiary/aromatic N) is 7. The molecule has 0 fully saturated rings. The fraction of sp³-hybridized carbons (Fsp3) is 0.589. The maximum absolute atomic E-state index is 14.2. The number of aliphatic carboxylic acids is 10. The molecule has 0 saturated carbocycles. The lowest BCUT2D eigenvalue weighted by atomic mass is 9.98. The van der Waals surface area contributed by atoms with Gasteiger partial charge in [0.15, 0.2) is 0 Å². The van der Waals surface area contributed by atoms with Crippen molar-refractivity contribution in [1.29, 1.82) is 0 Å². The van der Waals surface area contributed by atoms with Crippen LogP contribution in [0.1, 0.15) is 44.2 Å². The number of rotatable bonds is 56. The minimum atomic E-state index is -1.83. The van der Waals surface area contributed by atoms with E-state index in [1.54, 1.807) is 38.1 Å². The Bertz CT molecular complexity index is 2700. The van der Waals surface area contributed by atoms with Crippen molar-refractivity contribution in [3.63, 3.8) is 0 Å².